The molecule has 0 bridgehead atoms. The van der Waals surface area contributed by atoms with E-state index < -0.39 is 0 Å². The second kappa shape index (κ2) is 4.89. The van der Waals surface area contributed by atoms with Crippen LogP contribution in [0.4, 0.5) is 5.82 Å². The molecule has 1 fully saturated rings. The van der Waals surface area contributed by atoms with Gasteiger partial charge in [0, 0.05) is 31.5 Å². The van der Waals surface area contributed by atoms with Gasteiger partial charge < -0.3 is 10.6 Å². The van der Waals surface area contributed by atoms with Crippen molar-refractivity contribution < 1.29 is 0 Å². The first-order valence-electron chi connectivity index (χ1n) is 6.51. The second-order valence-corrected chi connectivity index (χ2v) is 4.73. The maximum atomic E-state index is 5.74. The SMILES string of the molecule is NCCN(c1nccn2cnnc12)C1CCCC1. The van der Waals surface area contributed by atoms with Crippen molar-refractivity contribution in [3.8, 4) is 0 Å². The Morgan fingerprint density at radius 3 is 3.00 bits per heavy atom. The zero-order valence-corrected chi connectivity index (χ0v) is 10.4. The third kappa shape index (κ3) is 1.92. The van der Waals surface area contributed by atoms with Gasteiger partial charge in [-0.25, -0.2) is 4.98 Å². The van der Waals surface area contributed by atoms with Crippen LogP contribution in [0.1, 0.15) is 25.7 Å². The van der Waals surface area contributed by atoms with Crippen LogP contribution in [-0.2, 0) is 0 Å². The van der Waals surface area contributed by atoms with E-state index in [-0.39, 0.29) is 0 Å². The Hall–Kier alpha value is -1.69. The lowest BCUT2D eigenvalue weighted by Gasteiger charge is -2.29. The summed E-state index contributed by atoms with van der Waals surface area (Å²) in [6.07, 6.45) is 10.4. The topological polar surface area (TPSA) is 72.3 Å². The van der Waals surface area contributed by atoms with Crippen LogP contribution < -0.4 is 10.6 Å². The number of nitrogens with two attached hydrogens (primary N) is 1. The molecule has 0 aliphatic heterocycles. The molecule has 6 nitrogen and oxygen atoms in total. The van der Waals surface area contributed by atoms with Crippen molar-refractivity contribution in [2.75, 3.05) is 18.0 Å². The second-order valence-electron chi connectivity index (χ2n) is 4.73. The molecule has 2 aromatic rings. The van der Waals surface area contributed by atoms with Gasteiger partial charge in [0.1, 0.15) is 6.33 Å². The van der Waals surface area contributed by atoms with Gasteiger partial charge in [0.05, 0.1) is 0 Å². The van der Waals surface area contributed by atoms with Gasteiger partial charge in [-0.3, -0.25) is 4.40 Å². The molecule has 1 aliphatic carbocycles. The molecule has 2 heterocycles. The van der Waals surface area contributed by atoms with Crippen LogP contribution in [0.2, 0.25) is 0 Å². The standard InChI is InChI=1S/C12H18N6/c13-5-7-18(10-3-1-2-4-10)11-12-16-15-9-17(12)8-6-14-11/h6,8-10H,1-5,7,13H2. The molecule has 18 heavy (non-hydrogen) atoms. The number of hydrogen-bond acceptors (Lipinski definition) is 5. The van der Waals surface area contributed by atoms with Crippen LogP contribution in [0, 0.1) is 0 Å². The van der Waals surface area contributed by atoms with Gasteiger partial charge in [0.25, 0.3) is 0 Å². The van der Waals surface area contributed by atoms with Crippen molar-refractivity contribution in [2.45, 2.75) is 31.7 Å². The van der Waals surface area contributed by atoms with E-state index >= 15 is 0 Å². The van der Waals surface area contributed by atoms with Crippen molar-refractivity contribution in [3.63, 3.8) is 0 Å². The highest BCUT2D eigenvalue weighted by molar-refractivity contribution is 5.63. The summed E-state index contributed by atoms with van der Waals surface area (Å²) in [6, 6.07) is 0.545. The molecule has 0 spiro atoms. The van der Waals surface area contributed by atoms with Crippen LogP contribution >= 0.6 is 0 Å². The lowest BCUT2D eigenvalue weighted by Crippen LogP contribution is -2.38. The van der Waals surface area contributed by atoms with E-state index in [2.05, 4.69) is 20.1 Å². The van der Waals surface area contributed by atoms with Crippen LogP contribution in [0.25, 0.3) is 5.65 Å². The first-order chi connectivity index (χ1) is 8.90. The highest BCUT2D eigenvalue weighted by Crippen LogP contribution is 2.28. The van der Waals surface area contributed by atoms with Crippen molar-refractivity contribution in [2.24, 2.45) is 5.73 Å². The minimum Gasteiger partial charge on any atom is -0.349 e. The highest BCUT2D eigenvalue weighted by atomic mass is 15.3. The predicted molar refractivity (Wildman–Crippen MR) is 69.4 cm³/mol. The molecule has 0 saturated heterocycles. The molecule has 0 atom stereocenters. The summed E-state index contributed by atoms with van der Waals surface area (Å²) in [5.74, 6) is 0.910. The molecule has 6 heteroatoms. The summed E-state index contributed by atoms with van der Waals surface area (Å²) in [4.78, 5) is 6.79. The fourth-order valence-electron chi connectivity index (χ4n) is 2.76. The Labute approximate surface area is 106 Å². The molecular formula is C12H18N6. The van der Waals surface area contributed by atoms with Crippen molar-refractivity contribution in [1.82, 2.24) is 19.6 Å². The van der Waals surface area contributed by atoms with E-state index in [0.717, 1.165) is 18.0 Å². The maximum absolute atomic E-state index is 5.74. The molecular weight excluding hydrogens is 228 g/mol. The Balaban J connectivity index is 2.00. The first-order valence-corrected chi connectivity index (χ1v) is 6.51. The molecule has 1 aliphatic rings. The number of fused-ring (bicyclic) bond motifs is 1. The summed E-state index contributed by atoms with van der Waals surface area (Å²) in [7, 11) is 0. The van der Waals surface area contributed by atoms with Gasteiger partial charge in [-0.2, -0.15) is 0 Å². The monoisotopic (exact) mass is 246 g/mol. The first kappa shape index (κ1) is 11.4. The quantitative estimate of drug-likeness (QED) is 0.865. The molecule has 96 valence electrons. The molecule has 0 aromatic carbocycles. The van der Waals surface area contributed by atoms with E-state index in [1.807, 2.05) is 10.6 Å². The summed E-state index contributed by atoms with van der Waals surface area (Å²) >= 11 is 0. The third-order valence-electron chi connectivity index (χ3n) is 3.60. The summed E-state index contributed by atoms with van der Waals surface area (Å²) < 4.78 is 1.90. The molecule has 0 amide bonds. The Morgan fingerprint density at radius 2 is 2.22 bits per heavy atom. The van der Waals surface area contributed by atoms with E-state index in [1.54, 1.807) is 12.5 Å². The Morgan fingerprint density at radius 1 is 1.39 bits per heavy atom. The van der Waals surface area contributed by atoms with Gasteiger partial charge in [0.2, 0.25) is 5.65 Å². The molecule has 1 saturated carbocycles. The average Bonchev–Trinajstić information content (AvgIpc) is 3.06. The van der Waals surface area contributed by atoms with Crippen LogP contribution in [0.15, 0.2) is 18.7 Å². The van der Waals surface area contributed by atoms with Gasteiger partial charge in [-0.05, 0) is 12.8 Å². The van der Waals surface area contributed by atoms with E-state index in [0.29, 0.717) is 12.6 Å². The highest BCUT2D eigenvalue weighted by Gasteiger charge is 2.25. The van der Waals surface area contributed by atoms with Crippen LogP contribution in [0.3, 0.4) is 0 Å². The van der Waals surface area contributed by atoms with Crippen molar-refractivity contribution in [3.05, 3.63) is 18.7 Å². The number of rotatable bonds is 4. The van der Waals surface area contributed by atoms with Crippen molar-refractivity contribution in [1.29, 1.82) is 0 Å². The summed E-state index contributed by atoms with van der Waals surface area (Å²) in [5, 5.41) is 8.11. The van der Waals surface area contributed by atoms with Gasteiger partial charge in [-0.15, -0.1) is 10.2 Å². The van der Waals surface area contributed by atoms with Gasteiger partial charge in [0.15, 0.2) is 5.82 Å². The molecule has 2 aromatic heterocycles. The largest absolute Gasteiger partial charge is 0.349 e. The maximum Gasteiger partial charge on any atom is 0.203 e. The van der Waals surface area contributed by atoms with E-state index in [4.69, 9.17) is 5.73 Å². The lowest BCUT2D eigenvalue weighted by atomic mass is 10.2. The number of anilines is 1. The molecule has 0 unspecified atom stereocenters. The Kier molecular flexibility index (Phi) is 3.10. The normalized spacial score (nSPS) is 16.5. The molecule has 0 radical (unpaired) electrons. The lowest BCUT2D eigenvalue weighted by molar-refractivity contribution is 0.602. The molecule has 2 N–H and O–H groups in total. The van der Waals surface area contributed by atoms with Gasteiger partial charge >= 0.3 is 0 Å². The number of nitrogens with zero attached hydrogens (tertiary/aromatic N) is 5. The predicted octanol–water partition coefficient (Wildman–Crippen LogP) is 0.832. The fraction of sp³-hybridized carbons (Fsp3) is 0.583. The van der Waals surface area contributed by atoms with Crippen molar-refractivity contribution >= 4 is 11.5 Å². The smallest absolute Gasteiger partial charge is 0.203 e. The molecule has 3 rings (SSSR count). The van der Waals surface area contributed by atoms with Crippen LogP contribution in [-0.4, -0.2) is 38.7 Å². The zero-order chi connectivity index (χ0) is 12.4. The van der Waals surface area contributed by atoms with E-state index in [1.165, 1.54) is 25.7 Å². The number of hydrogen-bond donors (Lipinski definition) is 1. The minimum atomic E-state index is 0.545. The number of aromatic nitrogens is 4. The van der Waals surface area contributed by atoms with Crippen LogP contribution in [0.5, 0.6) is 0 Å². The summed E-state index contributed by atoms with van der Waals surface area (Å²) in [5.41, 5.74) is 6.56. The summed E-state index contributed by atoms with van der Waals surface area (Å²) in [6.45, 7) is 1.46. The van der Waals surface area contributed by atoms with E-state index in [9.17, 15) is 0 Å². The minimum absolute atomic E-state index is 0.545. The third-order valence-corrected chi connectivity index (χ3v) is 3.60. The zero-order valence-electron chi connectivity index (χ0n) is 10.4. The fourth-order valence-corrected chi connectivity index (χ4v) is 2.76. The Bertz CT molecular complexity index is 516. The van der Waals surface area contributed by atoms with Gasteiger partial charge in [-0.1, -0.05) is 12.8 Å². The average molecular weight is 246 g/mol.